The van der Waals surface area contributed by atoms with E-state index in [1.807, 2.05) is 11.8 Å². The fourth-order valence-corrected chi connectivity index (χ4v) is 3.73. The van der Waals surface area contributed by atoms with E-state index in [-0.39, 0.29) is 5.91 Å². The average Bonchev–Trinajstić information content (AvgIpc) is 2.52. The predicted octanol–water partition coefficient (Wildman–Crippen LogP) is 2.56. The van der Waals surface area contributed by atoms with E-state index in [1.54, 1.807) is 0 Å². The Morgan fingerprint density at radius 3 is 2.48 bits per heavy atom. The number of carbonyl (C=O) groups is 1. The summed E-state index contributed by atoms with van der Waals surface area (Å²) in [6.45, 7) is 2.53. The third-order valence-electron chi connectivity index (χ3n) is 4.11. The number of aryl methyl sites for hydroxylation is 2. The van der Waals surface area contributed by atoms with Crippen molar-refractivity contribution in [1.82, 2.24) is 5.32 Å². The molecule has 1 aliphatic rings. The number of nitrogens with one attached hydrogen (secondary N) is 1. The van der Waals surface area contributed by atoms with Crippen LogP contribution in [0, 0.1) is 0 Å². The molecule has 0 radical (unpaired) electrons. The number of amides is 1. The second kappa shape index (κ2) is 7.85. The molecule has 1 heterocycles. The van der Waals surface area contributed by atoms with Crippen LogP contribution in [0.4, 0.5) is 0 Å². The highest BCUT2D eigenvalue weighted by atomic mass is 32.2. The van der Waals surface area contributed by atoms with E-state index in [0.717, 1.165) is 37.2 Å². The number of carbonyl (C=O) groups excluding carboxylic acids is 1. The van der Waals surface area contributed by atoms with Crippen LogP contribution in [0.5, 0.6) is 0 Å². The van der Waals surface area contributed by atoms with E-state index in [2.05, 4.69) is 36.5 Å². The normalized spacial score (nSPS) is 17.4. The lowest BCUT2D eigenvalue weighted by molar-refractivity contribution is -0.122. The standard InChI is InChI=1S/C17H25NO2S/c1-2-14-3-5-15(6-4-14)7-8-16(19)18-13-17(20)9-11-21-12-10-17/h3-6,20H,2,7-13H2,1H3,(H,18,19). The first-order valence-corrected chi connectivity index (χ1v) is 8.91. The molecule has 0 aliphatic carbocycles. The van der Waals surface area contributed by atoms with Crippen LogP contribution in [0.15, 0.2) is 24.3 Å². The number of hydrogen-bond donors (Lipinski definition) is 2. The quantitative estimate of drug-likeness (QED) is 0.849. The summed E-state index contributed by atoms with van der Waals surface area (Å²) in [6, 6.07) is 8.43. The lowest BCUT2D eigenvalue weighted by Gasteiger charge is -2.31. The van der Waals surface area contributed by atoms with E-state index in [0.29, 0.717) is 13.0 Å². The molecule has 0 bridgehead atoms. The summed E-state index contributed by atoms with van der Waals surface area (Å²) in [5.74, 6) is 1.99. The van der Waals surface area contributed by atoms with E-state index in [4.69, 9.17) is 0 Å². The van der Waals surface area contributed by atoms with Crippen LogP contribution in [0.1, 0.15) is 37.3 Å². The van der Waals surface area contributed by atoms with Gasteiger partial charge in [0.15, 0.2) is 0 Å². The maximum absolute atomic E-state index is 11.9. The molecule has 1 saturated heterocycles. The molecule has 1 aromatic rings. The summed E-state index contributed by atoms with van der Waals surface area (Å²) in [7, 11) is 0. The van der Waals surface area contributed by atoms with Gasteiger partial charge < -0.3 is 10.4 Å². The number of hydrogen-bond acceptors (Lipinski definition) is 3. The zero-order valence-corrected chi connectivity index (χ0v) is 13.5. The molecule has 0 saturated carbocycles. The van der Waals surface area contributed by atoms with Gasteiger partial charge in [0, 0.05) is 13.0 Å². The Balaban J connectivity index is 1.71. The van der Waals surface area contributed by atoms with E-state index in [9.17, 15) is 9.90 Å². The van der Waals surface area contributed by atoms with Gasteiger partial charge in [-0.2, -0.15) is 11.8 Å². The Hall–Kier alpha value is -1.00. The Bertz CT molecular complexity index is 452. The molecule has 4 heteroatoms. The molecule has 0 unspecified atom stereocenters. The molecule has 2 rings (SSSR count). The van der Waals surface area contributed by atoms with Gasteiger partial charge in [0.05, 0.1) is 5.60 Å². The molecule has 21 heavy (non-hydrogen) atoms. The van der Waals surface area contributed by atoms with Crippen molar-refractivity contribution < 1.29 is 9.90 Å². The third-order valence-corrected chi connectivity index (χ3v) is 5.10. The van der Waals surface area contributed by atoms with Gasteiger partial charge in [-0.3, -0.25) is 4.79 Å². The van der Waals surface area contributed by atoms with Crippen LogP contribution in [0.25, 0.3) is 0 Å². The second-order valence-corrected chi connectivity index (χ2v) is 7.01. The minimum absolute atomic E-state index is 0.0289. The van der Waals surface area contributed by atoms with Gasteiger partial charge in [-0.1, -0.05) is 31.2 Å². The Kier molecular flexibility index (Phi) is 6.12. The lowest BCUT2D eigenvalue weighted by atomic mass is 9.97. The maximum atomic E-state index is 11.9. The topological polar surface area (TPSA) is 49.3 Å². The third kappa shape index (κ3) is 5.36. The van der Waals surface area contributed by atoms with Crippen molar-refractivity contribution in [2.75, 3.05) is 18.1 Å². The predicted molar refractivity (Wildman–Crippen MR) is 88.7 cm³/mol. The van der Waals surface area contributed by atoms with Crippen molar-refractivity contribution in [2.45, 2.75) is 44.6 Å². The summed E-state index contributed by atoms with van der Waals surface area (Å²) in [4.78, 5) is 11.9. The molecular weight excluding hydrogens is 282 g/mol. The minimum atomic E-state index is -0.691. The fourth-order valence-electron chi connectivity index (χ4n) is 2.48. The molecule has 2 N–H and O–H groups in total. The molecule has 3 nitrogen and oxygen atoms in total. The van der Waals surface area contributed by atoms with Crippen LogP contribution in [-0.4, -0.2) is 34.7 Å². The van der Waals surface area contributed by atoms with E-state index >= 15 is 0 Å². The number of benzene rings is 1. The first-order chi connectivity index (χ1) is 10.1. The van der Waals surface area contributed by atoms with Crippen LogP contribution < -0.4 is 5.32 Å². The first kappa shape index (κ1) is 16.4. The first-order valence-electron chi connectivity index (χ1n) is 7.76. The van der Waals surface area contributed by atoms with Gasteiger partial charge in [0.2, 0.25) is 5.91 Å². The largest absolute Gasteiger partial charge is 0.388 e. The number of aliphatic hydroxyl groups is 1. The van der Waals surface area contributed by atoms with Crippen molar-refractivity contribution in [3.63, 3.8) is 0 Å². The molecule has 1 aromatic carbocycles. The summed E-state index contributed by atoms with van der Waals surface area (Å²) >= 11 is 1.87. The molecule has 1 amide bonds. The van der Waals surface area contributed by atoms with Gasteiger partial charge >= 0.3 is 0 Å². The van der Waals surface area contributed by atoms with Crippen LogP contribution >= 0.6 is 11.8 Å². The highest BCUT2D eigenvalue weighted by molar-refractivity contribution is 7.99. The van der Waals surface area contributed by atoms with Crippen LogP contribution in [0.2, 0.25) is 0 Å². The monoisotopic (exact) mass is 307 g/mol. The zero-order valence-electron chi connectivity index (χ0n) is 12.7. The second-order valence-electron chi connectivity index (χ2n) is 5.78. The Labute approximate surface area is 131 Å². The highest BCUT2D eigenvalue weighted by Crippen LogP contribution is 2.26. The molecule has 1 aliphatic heterocycles. The van der Waals surface area contributed by atoms with Crippen LogP contribution in [0.3, 0.4) is 0 Å². The summed E-state index contributed by atoms with van der Waals surface area (Å²) in [5, 5.41) is 13.2. The number of rotatable bonds is 6. The molecule has 0 aromatic heterocycles. The van der Waals surface area contributed by atoms with E-state index < -0.39 is 5.60 Å². The SMILES string of the molecule is CCc1ccc(CCC(=O)NCC2(O)CCSCC2)cc1. The molecule has 1 fully saturated rings. The van der Waals surface area contributed by atoms with Gasteiger partial charge in [-0.25, -0.2) is 0 Å². The van der Waals surface area contributed by atoms with E-state index in [1.165, 1.54) is 11.1 Å². The van der Waals surface area contributed by atoms with Crippen molar-refractivity contribution >= 4 is 17.7 Å². The van der Waals surface area contributed by atoms with Crippen molar-refractivity contribution in [2.24, 2.45) is 0 Å². The summed E-state index contributed by atoms with van der Waals surface area (Å²) in [6.07, 6.45) is 3.82. The van der Waals surface area contributed by atoms with Crippen LogP contribution in [-0.2, 0) is 17.6 Å². The van der Waals surface area contributed by atoms with Crippen molar-refractivity contribution in [3.05, 3.63) is 35.4 Å². The average molecular weight is 307 g/mol. The van der Waals surface area contributed by atoms with Crippen molar-refractivity contribution in [3.8, 4) is 0 Å². The highest BCUT2D eigenvalue weighted by Gasteiger charge is 2.29. The zero-order chi connectivity index (χ0) is 15.1. The minimum Gasteiger partial charge on any atom is -0.388 e. The lowest BCUT2D eigenvalue weighted by Crippen LogP contribution is -2.45. The molecular formula is C17H25NO2S. The van der Waals surface area contributed by atoms with Gasteiger partial charge in [-0.05, 0) is 48.3 Å². The van der Waals surface area contributed by atoms with Crippen molar-refractivity contribution in [1.29, 1.82) is 0 Å². The summed E-state index contributed by atoms with van der Waals surface area (Å²) in [5.41, 5.74) is 1.82. The van der Waals surface area contributed by atoms with Gasteiger partial charge in [0.25, 0.3) is 0 Å². The molecule has 0 spiro atoms. The summed E-state index contributed by atoms with van der Waals surface area (Å²) < 4.78 is 0. The number of thioether (sulfide) groups is 1. The smallest absolute Gasteiger partial charge is 0.220 e. The molecule has 116 valence electrons. The maximum Gasteiger partial charge on any atom is 0.220 e. The Morgan fingerprint density at radius 2 is 1.86 bits per heavy atom. The fraction of sp³-hybridized carbons (Fsp3) is 0.588. The van der Waals surface area contributed by atoms with Gasteiger partial charge in [0.1, 0.15) is 0 Å². The molecule has 0 atom stereocenters. The van der Waals surface area contributed by atoms with Gasteiger partial charge in [-0.15, -0.1) is 0 Å². The Morgan fingerprint density at radius 1 is 1.24 bits per heavy atom.